The molecule has 0 bridgehead atoms. The van der Waals surface area contributed by atoms with E-state index in [4.69, 9.17) is 27.9 Å². The number of benzene rings is 3. The summed E-state index contributed by atoms with van der Waals surface area (Å²) in [6.45, 7) is 3.66. The molecule has 3 aromatic rings. The highest BCUT2D eigenvalue weighted by Crippen LogP contribution is 2.32. The number of hydrogen-bond donors (Lipinski definition) is 2. The van der Waals surface area contributed by atoms with E-state index in [2.05, 4.69) is 10.6 Å². The van der Waals surface area contributed by atoms with E-state index in [0.29, 0.717) is 22.0 Å². The zero-order valence-electron chi connectivity index (χ0n) is 19.8. The highest BCUT2D eigenvalue weighted by Gasteiger charge is 2.39. The molecule has 0 atom stereocenters. The lowest BCUT2D eigenvalue weighted by atomic mass is 10.1. The molecule has 8 nitrogen and oxygen atoms in total. The average molecular weight is 538 g/mol. The van der Waals surface area contributed by atoms with Crippen molar-refractivity contribution in [3.63, 3.8) is 0 Å². The fraction of sp³-hybridized carbons (Fsp3) is 0.111. The number of ether oxygens (including phenoxy) is 1. The van der Waals surface area contributed by atoms with Crippen molar-refractivity contribution in [2.75, 3.05) is 22.1 Å². The highest BCUT2D eigenvalue weighted by atomic mass is 35.5. The first-order chi connectivity index (χ1) is 17.7. The Balaban J connectivity index is 1.58. The molecular weight excluding hydrogens is 517 g/mol. The van der Waals surface area contributed by atoms with Gasteiger partial charge >= 0.3 is 5.97 Å². The molecule has 37 heavy (non-hydrogen) atoms. The molecule has 4 rings (SSSR count). The molecule has 1 aliphatic heterocycles. The third-order valence-electron chi connectivity index (χ3n) is 5.52. The molecule has 0 radical (unpaired) electrons. The van der Waals surface area contributed by atoms with Crippen molar-refractivity contribution in [3.05, 3.63) is 99.2 Å². The molecule has 1 heterocycles. The monoisotopic (exact) mass is 537 g/mol. The van der Waals surface area contributed by atoms with Gasteiger partial charge in [0.1, 0.15) is 10.7 Å². The molecule has 1 aliphatic rings. The Hall–Kier alpha value is -4.14. The predicted molar refractivity (Wildman–Crippen MR) is 142 cm³/mol. The largest absolute Gasteiger partial charge is 0.462 e. The van der Waals surface area contributed by atoms with Crippen LogP contribution in [0.2, 0.25) is 5.02 Å². The molecule has 3 aromatic carbocycles. The Kier molecular flexibility index (Phi) is 7.61. The number of nitrogens with zero attached hydrogens (tertiary/aromatic N) is 1. The lowest BCUT2D eigenvalue weighted by Crippen LogP contribution is -2.32. The Morgan fingerprint density at radius 2 is 1.68 bits per heavy atom. The molecule has 0 saturated carbocycles. The SMILES string of the molecule is CCOC(=O)c1ccccc1NC(=O)c1ccc(C)c(NC2=C(Cl)C(=O)N(c3cccc(Cl)c3)C2=O)c1. The van der Waals surface area contributed by atoms with Crippen LogP contribution in [0.1, 0.15) is 33.2 Å². The number of para-hydroxylation sites is 1. The van der Waals surface area contributed by atoms with E-state index < -0.39 is 23.7 Å². The van der Waals surface area contributed by atoms with Crippen LogP contribution in [0.4, 0.5) is 17.1 Å². The number of anilines is 3. The summed E-state index contributed by atoms with van der Waals surface area (Å²) < 4.78 is 5.05. The van der Waals surface area contributed by atoms with Crippen LogP contribution < -0.4 is 15.5 Å². The number of carbonyl (C=O) groups excluding carboxylic acids is 4. The summed E-state index contributed by atoms with van der Waals surface area (Å²) in [6, 6.07) is 17.6. The smallest absolute Gasteiger partial charge is 0.340 e. The van der Waals surface area contributed by atoms with E-state index >= 15 is 0 Å². The number of imide groups is 1. The zero-order valence-corrected chi connectivity index (χ0v) is 21.3. The fourth-order valence-corrected chi connectivity index (χ4v) is 4.06. The predicted octanol–water partition coefficient (Wildman–Crippen LogP) is 5.51. The first kappa shape index (κ1) is 25.9. The minimum Gasteiger partial charge on any atom is -0.462 e. The second-order valence-corrected chi connectivity index (χ2v) is 8.80. The van der Waals surface area contributed by atoms with Gasteiger partial charge in [0.05, 0.1) is 23.5 Å². The molecule has 0 aromatic heterocycles. The summed E-state index contributed by atoms with van der Waals surface area (Å²) >= 11 is 12.3. The van der Waals surface area contributed by atoms with Crippen molar-refractivity contribution < 1.29 is 23.9 Å². The molecule has 10 heteroatoms. The van der Waals surface area contributed by atoms with Gasteiger partial charge in [0.2, 0.25) is 0 Å². The Labute approximate surface area is 222 Å². The van der Waals surface area contributed by atoms with Gasteiger partial charge in [-0.15, -0.1) is 0 Å². The second kappa shape index (κ2) is 10.9. The van der Waals surface area contributed by atoms with E-state index in [1.54, 1.807) is 68.4 Å². The number of amides is 3. The van der Waals surface area contributed by atoms with E-state index in [1.165, 1.54) is 12.1 Å². The van der Waals surface area contributed by atoms with Gasteiger partial charge in [-0.3, -0.25) is 14.4 Å². The standard InChI is InChI=1S/C27H21Cl2N3O5/c1-3-37-27(36)19-9-4-5-10-20(19)31-24(33)16-12-11-15(2)21(13-16)30-23-22(29)25(34)32(26(23)35)18-8-6-7-17(28)14-18/h4-14,30H,3H2,1-2H3,(H,31,33). The highest BCUT2D eigenvalue weighted by molar-refractivity contribution is 6.53. The number of nitrogens with one attached hydrogen (secondary N) is 2. The van der Waals surface area contributed by atoms with E-state index in [0.717, 1.165) is 4.90 Å². The number of rotatable bonds is 7. The molecule has 3 amide bonds. The average Bonchev–Trinajstić information content (AvgIpc) is 3.08. The van der Waals surface area contributed by atoms with Crippen LogP contribution >= 0.6 is 23.2 Å². The quantitative estimate of drug-likeness (QED) is 0.304. The van der Waals surface area contributed by atoms with Crippen molar-refractivity contribution in [1.29, 1.82) is 0 Å². The van der Waals surface area contributed by atoms with Crippen LogP contribution in [0.3, 0.4) is 0 Å². The number of halogens is 2. The Morgan fingerprint density at radius 1 is 0.919 bits per heavy atom. The van der Waals surface area contributed by atoms with Crippen LogP contribution in [0.25, 0.3) is 0 Å². The summed E-state index contributed by atoms with van der Waals surface area (Å²) in [5.41, 5.74) is 2.00. The van der Waals surface area contributed by atoms with Crippen LogP contribution in [-0.4, -0.2) is 30.3 Å². The van der Waals surface area contributed by atoms with Gasteiger partial charge in [0.15, 0.2) is 0 Å². The lowest BCUT2D eigenvalue weighted by Gasteiger charge is -2.16. The lowest BCUT2D eigenvalue weighted by molar-refractivity contribution is -0.120. The number of hydrogen-bond acceptors (Lipinski definition) is 6. The third-order valence-corrected chi connectivity index (χ3v) is 6.11. The molecule has 0 fully saturated rings. The fourth-order valence-electron chi connectivity index (χ4n) is 3.67. The minimum absolute atomic E-state index is 0.125. The zero-order chi connectivity index (χ0) is 26.7. The Bertz CT molecular complexity index is 1470. The molecule has 0 saturated heterocycles. The van der Waals surface area contributed by atoms with Crippen molar-refractivity contribution >= 4 is 64.0 Å². The normalized spacial score (nSPS) is 13.1. The maximum absolute atomic E-state index is 13.1. The molecule has 188 valence electrons. The molecular formula is C27H21Cl2N3O5. The van der Waals surface area contributed by atoms with Crippen LogP contribution in [0.15, 0.2) is 77.5 Å². The third kappa shape index (κ3) is 5.35. The van der Waals surface area contributed by atoms with E-state index in [9.17, 15) is 19.2 Å². The van der Waals surface area contributed by atoms with E-state index in [-0.39, 0.29) is 34.2 Å². The summed E-state index contributed by atoms with van der Waals surface area (Å²) in [6.07, 6.45) is 0. The van der Waals surface area contributed by atoms with Gasteiger partial charge in [0, 0.05) is 16.3 Å². The molecule has 0 unspecified atom stereocenters. The Morgan fingerprint density at radius 3 is 2.41 bits per heavy atom. The second-order valence-electron chi connectivity index (χ2n) is 7.99. The van der Waals surface area contributed by atoms with Gasteiger partial charge in [-0.05, 0) is 61.9 Å². The first-order valence-corrected chi connectivity index (χ1v) is 12.0. The number of carbonyl (C=O) groups is 4. The topological polar surface area (TPSA) is 105 Å². The van der Waals surface area contributed by atoms with Crippen LogP contribution in [0.5, 0.6) is 0 Å². The number of aryl methyl sites for hydroxylation is 1. The van der Waals surface area contributed by atoms with Gasteiger partial charge in [-0.2, -0.15) is 0 Å². The van der Waals surface area contributed by atoms with Crippen molar-refractivity contribution in [2.45, 2.75) is 13.8 Å². The van der Waals surface area contributed by atoms with Crippen molar-refractivity contribution in [2.24, 2.45) is 0 Å². The van der Waals surface area contributed by atoms with Gasteiger partial charge in [-0.25, -0.2) is 9.69 Å². The van der Waals surface area contributed by atoms with Gasteiger partial charge in [0.25, 0.3) is 17.7 Å². The summed E-state index contributed by atoms with van der Waals surface area (Å²) in [5.74, 6) is -2.40. The van der Waals surface area contributed by atoms with Gasteiger partial charge in [-0.1, -0.05) is 47.5 Å². The molecule has 2 N–H and O–H groups in total. The first-order valence-electron chi connectivity index (χ1n) is 11.2. The van der Waals surface area contributed by atoms with Crippen LogP contribution in [-0.2, 0) is 14.3 Å². The molecule has 0 spiro atoms. The minimum atomic E-state index is -0.696. The van der Waals surface area contributed by atoms with Crippen LogP contribution in [0, 0.1) is 6.92 Å². The maximum Gasteiger partial charge on any atom is 0.340 e. The van der Waals surface area contributed by atoms with Gasteiger partial charge < -0.3 is 15.4 Å². The summed E-state index contributed by atoms with van der Waals surface area (Å²) in [5, 5.41) is 5.69. The molecule has 0 aliphatic carbocycles. The van der Waals surface area contributed by atoms with Crippen molar-refractivity contribution in [1.82, 2.24) is 0 Å². The van der Waals surface area contributed by atoms with E-state index in [1.807, 2.05) is 0 Å². The summed E-state index contributed by atoms with van der Waals surface area (Å²) in [7, 11) is 0. The van der Waals surface area contributed by atoms with Crippen molar-refractivity contribution in [3.8, 4) is 0 Å². The maximum atomic E-state index is 13.1. The number of esters is 1. The summed E-state index contributed by atoms with van der Waals surface area (Å²) in [4.78, 5) is 52.0.